The SMILES string of the molecule is Cc1cc(C)c(-n2nnnc2SCC(=O)Nc2c(Cl)cccc2Cl)c(C)c1. The van der Waals surface area contributed by atoms with Gasteiger partial charge in [-0.1, -0.05) is 58.7 Å². The fourth-order valence-electron chi connectivity index (χ4n) is 2.84. The van der Waals surface area contributed by atoms with Crippen LogP contribution in [0.3, 0.4) is 0 Å². The minimum Gasteiger partial charge on any atom is -0.323 e. The van der Waals surface area contributed by atoms with Crippen LogP contribution < -0.4 is 5.32 Å². The van der Waals surface area contributed by atoms with Crippen LogP contribution in [-0.2, 0) is 4.79 Å². The highest BCUT2D eigenvalue weighted by Gasteiger charge is 2.16. The number of anilines is 1. The van der Waals surface area contributed by atoms with E-state index >= 15 is 0 Å². The number of rotatable bonds is 5. The Kier molecular flexibility index (Phi) is 6.04. The molecule has 0 aliphatic heterocycles. The molecule has 0 aliphatic rings. The monoisotopic (exact) mass is 421 g/mol. The summed E-state index contributed by atoms with van der Waals surface area (Å²) in [5, 5.41) is 15.9. The Bertz CT molecular complexity index is 962. The van der Waals surface area contributed by atoms with Crippen molar-refractivity contribution in [1.29, 1.82) is 0 Å². The van der Waals surface area contributed by atoms with Crippen LogP contribution in [0.4, 0.5) is 5.69 Å². The highest BCUT2D eigenvalue weighted by molar-refractivity contribution is 7.99. The van der Waals surface area contributed by atoms with E-state index in [1.165, 1.54) is 17.3 Å². The zero-order valence-corrected chi connectivity index (χ0v) is 17.3. The normalized spacial score (nSPS) is 10.9. The number of aryl methyl sites for hydroxylation is 3. The van der Waals surface area contributed by atoms with Gasteiger partial charge in [-0.3, -0.25) is 4.79 Å². The number of hydrogen-bond donors (Lipinski definition) is 1. The predicted octanol–water partition coefficient (Wildman–Crippen LogP) is 4.63. The van der Waals surface area contributed by atoms with Crippen LogP contribution in [0.1, 0.15) is 16.7 Å². The lowest BCUT2D eigenvalue weighted by molar-refractivity contribution is -0.113. The van der Waals surface area contributed by atoms with Gasteiger partial charge in [-0.05, 0) is 54.5 Å². The fraction of sp³-hybridized carbons (Fsp3) is 0.222. The smallest absolute Gasteiger partial charge is 0.234 e. The van der Waals surface area contributed by atoms with Crippen molar-refractivity contribution < 1.29 is 4.79 Å². The van der Waals surface area contributed by atoms with Crippen LogP contribution in [0.5, 0.6) is 0 Å². The molecule has 0 radical (unpaired) electrons. The average Bonchev–Trinajstić information content (AvgIpc) is 3.04. The van der Waals surface area contributed by atoms with Crippen LogP contribution in [0, 0.1) is 20.8 Å². The molecule has 0 spiro atoms. The number of nitrogens with one attached hydrogen (secondary N) is 1. The Hall–Kier alpha value is -2.09. The Morgan fingerprint density at radius 2 is 1.78 bits per heavy atom. The van der Waals surface area contributed by atoms with E-state index < -0.39 is 0 Å². The molecule has 1 aromatic heterocycles. The van der Waals surface area contributed by atoms with E-state index in [-0.39, 0.29) is 11.7 Å². The topological polar surface area (TPSA) is 72.7 Å². The summed E-state index contributed by atoms with van der Waals surface area (Å²) >= 11 is 13.4. The maximum Gasteiger partial charge on any atom is 0.234 e. The molecule has 140 valence electrons. The lowest BCUT2D eigenvalue weighted by atomic mass is 10.1. The number of halogens is 2. The molecule has 0 unspecified atom stereocenters. The molecule has 0 atom stereocenters. The van der Waals surface area contributed by atoms with Crippen molar-refractivity contribution >= 4 is 46.6 Å². The fourth-order valence-corrected chi connectivity index (χ4v) is 4.01. The van der Waals surface area contributed by atoms with Crippen molar-refractivity contribution in [3.05, 3.63) is 57.1 Å². The minimum absolute atomic E-state index is 0.117. The maximum absolute atomic E-state index is 12.3. The van der Waals surface area contributed by atoms with Crippen LogP contribution in [0.25, 0.3) is 5.69 Å². The number of aromatic nitrogens is 4. The van der Waals surface area contributed by atoms with Crippen LogP contribution in [0.15, 0.2) is 35.5 Å². The molecular formula is C18H17Cl2N5OS. The number of tetrazole rings is 1. The molecule has 1 N–H and O–H groups in total. The predicted molar refractivity (Wildman–Crippen MR) is 109 cm³/mol. The van der Waals surface area contributed by atoms with Crippen LogP contribution in [-0.4, -0.2) is 31.9 Å². The molecule has 2 aromatic carbocycles. The van der Waals surface area contributed by atoms with Crippen molar-refractivity contribution in [1.82, 2.24) is 20.2 Å². The molecule has 3 rings (SSSR count). The Labute approximate surface area is 171 Å². The number of benzene rings is 2. The van der Waals surface area contributed by atoms with Crippen molar-refractivity contribution in [2.75, 3.05) is 11.1 Å². The van der Waals surface area contributed by atoms with Gasteiger partial charge >= 0.3 is 0 Å². The van der Waals surface area contributed by atoms with Crippen LogP contribution >= 0.6 is 35.0 Å². The zero-order chi connectivity index (χ0) is 19.6. The Morgan fingerprint density at radius 1 is 1.15 bits per heavy atom. The van der Waals surface area contributed by atoms with Gasteiger partial charge in [-0.25, -0.2) is 0 Å². The molecule has 1 heterocycles. The van der Waals surface area contributed by atoms with E-state index in [0.29, 0.717) is 20.9 Å². The number of hydrogen-bond acceptors (Lipinski definition) is 5. The second kappa shape index (κ2) is 8.29. The lowest BCUT2D eigenvalue weighted by Gasteiger charge is -2.12. The molecular weight excluding hydrogens is 405 g/mol. The van der Waals surface area contributed by atoms with Crippen molar-refractivity contribution in [2.24, 2.45) is 0 Å². The third-order valence-corrected chi connectivity index (χ3v) is 5.40. The number of carbonyl (C=O) groups is 1. The van der Waals surface area contributed by atoms with Crippen molar-refractivity contribution in [3.8, 4) is 5.69 Å². The number of para-hydroxylation sites is 1. The minimum atomic E-state index is -0.248. The highest BCUT2D eigenvalue weighted by Crippen LogP contribution is 2.30. The second-order valence-corrected chi connectivity index (χ2v) is 7.81. The molecule has 0 bridgehead atoms. The van der Waals surface area contributed by atoms with Gasteiger partial charge in [-0.15, -0.1) is 5.10 Å². The van der Waals surface area contributed by atoms with E-state index in [2.05, 4.69) is 33.0 Å². The van der Waals surface area contributed by atoms with Gasteiger partial charge in [0.25, 0.3) is 0 Å². The van der Waals surface area contributed by atoms with Gasteiger partial charge in [0, 0.05) is 0 Å². The molecule has 6 nitrogen and oxygen atoms in total. The Morgan fingerprint density at radius 3 is 2.41 bits per heavy atom. The first kappa shape index (κ1) is 19.7. The quantitative estimate of drug-likeness (QED) is 0.608. The number of nitrogens with zero attached hydrogens (tertiary/aromatic N) is 4. The van der Waals surface area contributed by atoms with E-state index in [0.717, 1.165) is 16.8 Å². The molecule has 9 heteroatoms. The van der Waals surface area contributed by atoms with E-state index in [9.17, 15) is 4.79 Å². The summed E-state index contributed by atoms with van der Waals surface area (Å²) in [5.41, 5.74) is 4.62. The third kappa shape index (κ3) is 4.43. The number of carbonyl (C=O) groups excluding carboxylic acids is 1. The summed E-state index contributed by atoms with van der Waals surface area (Å²) in [6.07, 6.45) is 0. The van der Waals surface area contributed by atoms with Crippen molar-refractivity contribution in [2.45, 2.75) is 25.9 Å². The average molecular weight is 422 g/mol. The highest BCUT2D eigenvalue weighted by atomic mass is 35.5. The van der Waals surface area contributed by atoms with Gasteiger partial charge in [0.1, 0.15) is 0 Å². The molecule has 1 amide bonds. The Balaban J connectivity index is 1.75. The van der Waals surface area contributed by atoms with E-state index in [4.69, 9.17) is 23.2 Å². The summed E-state index contributed by atoms with van der Waals surface area (Å²) < 4.78 is 1.66. The number of thioether (sulfide) groups is 1. The first-order valence-electron chi connectivity index (χ1n) is 8.10. The van der Waals surface area contributed by atoms with E-state index in [1.54, 1.807) is 22.9 Å². The van der Waals surface area contributed by atoms with Gasteiger partial charge in [0.15, 0.2) is 0 Å². The summed E-state index contributed by atoms with van der Waals surface area (Å²) in [7, 11) is 0. The molecule has 0 saturated carbocycles. The summed E-state index contributed by atoms with van der Waals surface area (Å²) in [5.74, 6) is -0.131. The standard InChI is InChI=1S/C18H17Cl2N5OS/c1-10-7-11(2)17(12(3)8-10)25-18(22-23-24-25)27-9-15(26)21-16-13(19)5-4-6-14(16)20/h4-8H,9H2,1-3H3,(H,21,26). The zero-order valence-electron chi connectivity index (χ0n) is 15.0. The van der Waals surface area contributed by atoms with Gasteiger partial charge in [0.05, 0.1) is 27.2 Å². The molecule has 0 saturated heterocycles. The molecule has 27 heavy (non-hydrogen) atoms. The molecule has 3 aromatic rings. The van der Waals surface area contributed by atoms with Gasteiger partial charge in [0.2, 0.25) is 11.1 Å². The first-order valence-corrected chi connectivity index (χ1v) is 9.84. The summed E-state index contributed by atoms with van der Waals surface area (Å²) in [4.78, 5) is 12.3. The lowest BCUT2D eigenvalue weighted by Crippen LogP contribution is -2.15. The summed E-state index contributed by atoms with van der Waals surface area (Å²) in [6.45, 7) is 6.07. The van der Waals surface area contributed by atoms with Crippen molar-refractivity contribution in [3.63, 3.8) is 0 Å². The largest absolute Gasteiger partial charge is 0.323 e. The third-order valence-electron chi connectivity index (χ3n) is 3.85. The summed E-state index contributed by atoms with van der Waals surface area (Å²) in [6, 6.07) is 9.20. The first-order chi connectivity index (χ1) is 12.9. The molecule has 0 fully saturated rings. The molecule has 0 aliphatic carbocycles. The second-order valence-electron chi connectivity index (χ2n) is 6.05. The number of amides is 1. The van der Waals surface area contributed by atoms with Gasteiger partial charge < -0.3 is 5.32 Å². The van der Waals surface area contributed by atoms with Gasteiger partial charge in [-0.2, -0.15) is 4.68 Å². The van der Waals surface area contributed by atoms with Crippen LogP contribution in [0.2, 0.25) is 10.0 Å². The maximum atomic E-state index is 12.3. The van der Waals surface area contributed by atoms with E-state index in [1.807, 2.05) is 20.8 Å².